The number of hydrogen-bond acceptors (Lipinski definition) is 3. The summed E-state index contributed by atoms with van der Waals surface area (Å²) in [6.07, 6.45) is 7.03. The third-order valence-electron chi connectivity index (χ3n) is 2.89. The number of benzene rings is 1. The van der Waals surface area contributed by atoms with Gasteiger partial charge in [0.25, 0.3) is 0 Å². The molecule has 1 atom stereocenters. The molecule has 0 fully saturated rings. The Morgan fingerprint density at radius 1 is 1.33 bits per heavy atom. The van der Waals surface area contributed by atoms with Crippen molar-refractivity contribution in [1.82, 2.24) is 4.98 Å². The zero-order valence-electron chi connectivity index (χ0n) is 10.6. The van der Waals surface area contributed by atoms with Gasteiger partial charge in [0.05, 0.1) is 6.17 Å². The number of nitrogens with two attached hydrogens (primary N) is 1. The van der Waals surface area contributed by atoms with E-state index in [1.54, 1.807) is 0 Å². The van der Waals surface area contributed by atoms with Crippen LogP contribution in [0.15, 0.2) is 36.7 Å². The number of rotatable bonds is 5. The number of nitrogens with zero attached hydrogens (tertiary/aromatic N) is 1. The van der Waals surface area contributed by atoms with Crippen LogP contribution in [0.4, 0.5) is 5.69 Å². The summed E-state index contributed by atoms with van der Waals surface area (Å²) in [5.74, 6) is 0. The van der Waals surface area contributed by atoms with Gasteiger partial charge in [0, 0.05) is 28.9 Å². The van der Waals surface area contributed by atoms with Crippen molar-refractivity contribution in [3.63, 3.8) is 0 Å². The molecule has 98 valence electrons. The maximum absolute atomic E-state index is 6.06. The van der Waals surface area contributed by atoms with Crippen molar-refractivity contribution in [2.45, 2.75) is 32.4 Å². The molecule has 0 bridgehead atoms. The minimum Gasteiger partial charge on any atom is -0.370 e. The van der Waals surface area contributed by atoms with Crippen molar-refractivity contribution in [3.05, 3.63) is 36.7 Å². The molecule has 4 heteroatoms. The minimum absolute atomic E-state index is 0. The number of unbranched alkanes of at least 4 members (excludes halogenated alkanes) is 1. The fourth-order valence-electron chi connectivity index (χ4n) is 1.94. The zero-order chi connectivity index (χ0) is 12.1. The van der Waals surface area contributed by atoms with Crippen LogP contribution in [-0.4, -0.2) is 11.1 Å². The topological polar surface area (TPSA) is 50.9 Å². The average molecular weight is 266 g/mol. The van der Waals surface area contributed by atoms with Gasteiger partial charge in [0.2, 0.25) is 0 Å². The Morgan fingerprint density at radius 3 is 2.94 bits per heavy atom. The lowest BCUT2D eigenvalue weighted by Gasteiger charge is -2.16. The number of pyridine rings is 1. The molecule has 0 aliphatic heterocycles. The first-order chi connectivity index (χ1) is 8.31. The van der Waals surface area contributed by atoms with Crippen molar-refractivity contribution >= 4 is 28.9 Å². The van der Waals surface area contributed by atoms with E-state index < -0.39 is 0 Å². The van der Waals surface area contributed by atoms with Crippen molar-refractivity contribution in [2.24, 2.45) is 5.73 Å². The van der Waals surface area contributed by atoms with Gasteiger partial charge in [-0.15, -0.1) is 12.4 Å². The molecule has 18 heavy (non-hydrogen) atoms. The van der Waals surface area contributed by atoms with Crippen LogP contribution >= 0.6 is 12.4 Å². The summed E-state index contributed by atoms with van der Waals surface area (Å²) in [6.45, 7) is 2.18. The Kier molecular flexibility index (Phi) is 5.89. The summed E-state index contributed by atoms with van der Waals surface area (Å²) >= 11 is 0. The lowest BCUT2D eigenvalue weighted by atomic mass is 10.1. The second-order valence-corrected chi connectivity index (χ2v) is 4.30. The third kappa shape index (κ3) is 3.59. The summed E-state index contributed by atoms with van der Waals surface area (Å²) in [5.41, 5.74) is 7.15. The van der Waals surface area contributed by atoms with Crippen LogP contribution in [0.5, 0.6) is 0 Å². The molecule has 0 saturated heterocycles. The summed E-state index contributed by atoms with van der Waals surface area (Å²) in [4.78, 5) is 4.12. The van der Waals surface area contributed by atoms with E-state index in [-0.39, 0.29) is 18.6 Å². The van der Waals surface area contributed by atoms with E-state index in [2.05, 4.69) is 29.4 Å². The Bertz CT molecular complexity index is 482. The number of hydrogen-bond donors (Lipinski definition) is 2. The zero-order valence-corrected chi connectivity index (χ0v) is 11.4. The summed E-state index contributed by atoms with van der Waals surface area (Å²) in [6, 6.07) is 8.17. The molecule has 2 rings (SSSR count). The number of aromatic nitrogens is 1. The molecule has 1 unspecified atom stereocenters. The molecule has 0 spiro atoms. The number of anilines is 1. The second kappa shape index (κ2) is 7.19. The van der Waals surface area contributed by atoms with Crippen LogP contribution in [0.3, 0.4) is 0 Å². The van der Waals surface area contributed by atoms with Gasteiger partial charge in [0.15, 0.2) is 0 Å². The highest BCUT2D eigenvalue weighted by atomic mass is 35.5. The Labute approximate surface area is 114 Å². The van der Waals surface area contributed by atoms with Crippen molar-refractivity contribution in [2.75, 3.05) is 5.32 Å². The highest BCUT2D eigenvalue weighted by molar-refractivity contribution is 5.93. The molecule has 0 aliphatic carbocycles. The van der Waals surface area contributed by atoms with E-state index in [9.17, 15) is 0 Å². The van der Waals surface area contributed by atoms with E-state index >= 15 is 0 Å². The quantitative estimate of drug-likeness (QED) is 0.813. The highest BCUT2D eigenvalue weighted by Gasteiger charge is 2.04. The van der Waals surface area contributed by atoms with Crippen LogP contribution in [0.2, 0.25) is 0 Å². The number of halogens is 1. The van der Waals surface area contributed by atoms with Crippen LogP contribution in [-0.2, 0) is 0 Å². The fraction of sp³-hybridized carbons (Fsp3) is 0.357. The first-order valence-corrected chi connectivity index (χ1v) is 6.16. The van der Waals surface area contributed by atoms with Crippen LogP contribution in [0.25, 0.3) is 10.8 Å². The molecule has 1 aromatic carbocycles. The standard InChI is InChI=1S/C14H19N3.ClH/c1-2-3-7-14(15)17-13-6-4-5-11-10-16-9-8-12(11)13;/h4-6,8-10,14,17H,2-3,7,15H2,1H3;1H. The number of nitrogens with one attached hydrogen (secondary N) is 1. The van der Waals surface area contributed by atoms with Crippen molar-refractivity contribution in [1.29, 1.82) is 0 Å². The lowest BCUT2D eigenvalue weighted by molar-refractivity contribution is 0.626. The van der Waals surface area contributed by atoms with Gasteiger partial charge >= 0.3 is 0 Å². The van der Waals surface area contributed by atoms with Crippen LogP contribution < -0.4 is 11.1 Å². The maximum Gasteiger partial charge on any atom is 0.0743 e. The number of fused-ring (bicyclic) bond motifs is 1. The van der Waals surface area contributed by atoms with Crippen LogP contribution in [0, 0.1) is 0 Å². The smallest absolute Gasteiger partial charge is 0.0743 e. The molecule has 3 nitrogen and oxygen atoms in total. The predicted molar refractivity (Wildman–Crippen MR) is 80.1 cm³/mol. The van der Waals surface area contributed by atoms with Gasteiger partial charge in [-0.1, -0.05) is 31.9 Å². The molecule has 0 saturated carbocycles. The first kappa shape index (κ1) is 14.7. The van der Waals surface area contributed by atoms with Crippen molar-refractivity contribution in [3.8, 4) is 0 Å². The Hall–Kier alpha value is -1.32. The van der Waals surface area contributed by atoms with Gasteiger partial charge < -0.3 is 11.1 Å². The predicted octanol–water partition coefficient (Wildman–Crippen LogP) is 3.54. The molecule has 1 heterocycles. The summed E-state index contributed by atoms with van der Waals surface area (Å²) in [7, 11) is 0. The second-order valence-electron chi connectivity index (χ2n) is 4.30. The molecular formula is C14H20ClN3. The lowest BCUT2D eigenvalue weighted by Crippen LogP contribution is -2.29. The SMILES string of the molecule is CCCCC(N)Nc1cccc2cnccc12.Cl. The first-order valence-electron chi connectivity index (χ1n) is 6.16. The summed E-state index contributed by atoms with van der Waals surface area (Å²) < 4.78 is 0. The monoisotopic (exact) mass is 265 g/mol. The Balaban J connectivity index is 0.00000162. The van der Waals surface area contributed by atoms with E-state index in [4.69, 9.17) is 5.73 Å². The van der Waals surface area contributed by atoms with Crippen LogP contribution in [0.1, 0.15) is 26.2 Å². The minimum atomic E-state index is 0. The van der Waals surface area contributed by atoms with Crippen molar-refractivity contribution < 1.29 is 0 Å². The molecular weight excluding hydrogens is 246 g/mol. The van der Waals surface area contributed by atoms with Gasteiger partial charge in [-0.05, 0) is 18.6 Å². The molecule has 2 aromatic rings. The largest absolute Gasteiger partial charge is 0.370 e. The molecule has 0 aliphatic rings. The summed E-state index contributed by atoms with van der Waals surface area (Å²) in [5, 5.41) is 5.68. The maximum atomic E-state index is 6.06. The Morgan fingerprint density at radius 2 is 2.17 bits per heavy atom. The van der Waals surface area contributed by atoms with E-state index in [1.807, 2.05) is 24.5 Å². The molecule has 1 aromatic heterocycles. The molecule has 3 N–H and O–H groups in total. The fourth-order valence-corrected chi connectivity index (χ4v) is 1.94. The van der Waals surface area contributed by atoms with Gasteiger partial charge in [-0.3, -0.25) is 4.98 Å². The van der Waals surface area contributed by atoms with Gasteiger partial charge in [-0.25, -0.2) is 0 Å². The van der Waals surface area contributed by atoms with Gasteiger partial charge in [0.1, 0.15) is 0 Å². The molecule has 0 radical (unpaired) electrons. The average Bonchev–Trinajstić information content (AvgIpc) is 2.37. The highest BCUT2D eigenvalue weighted by Crippen LogP contribution is 2.22. The third-order valence-corrected chi connectivity index (χ3v) is 2.89. The van der Waals surface area contributed by atoms with E-state index in [0.29, 0.717) is 0 Å². The van der Waals surface area contributed by atoms with E-state index in [1.165, 1.54) is 11.8 Å². The molecule has 0 amide bonds. The normalized spacial score (nSPS) is 11.9. The van der Waals surface area contributed by atoms with Gasteiger partial charge in [-0.2, -0.15) is 0 Å². The van der Waals surface area contributed by atoms with E-state index in [0.717, 1.165) is 23.9 Å².